The average Bonchev–Trinajstić information content (AvgIpc) is 3.21. The quantitative estimate of drug-likeness (QED) is 0.362. The molecule has 6 heterocycles. The van der Waals surface area contributed by atoms with Crippen molar-refractivity contribution in [1.29, 1.82) is 0 Å². The van der Waals surface area contributed by atoms with E-state index in [4.69, 9.17) is 15.5 Å². The molecular formula is C26H30FN7O2. The van der Waals surface area contributed by atoms with Crippen molar-refractivity contribution in [3.63, 3.8) is 0 Å². The molecule has 0 aliphatic carbocycles. The zero-order chi connectivity index (χ0) is 25.2. The van der Waals surface area contributed by atoms with E-state index in [1.165, 1.54) is 22.7 Å². The molecule has 0 spiro atoms. The molecule has 9 nitrogen and oxygen atoms in total. The standard InChI is InChI=1S/C26H30FN7O2/c1-3-4-17(9-29-16-36-2)11-33-20-8-21(33)14-32(13-20)24-6-5-18(10-30-24)22-7-19(28)12-34-25(22)23(15-35)26(27)31-34/h4-7,9-10,12,15,20-21H,3,8,11,13-14,16,28H2,1-2H3/b17-4+,29-9?. The van der Waals surface area contributed by atoms with Gasteiger partial charge in [-0.3, -0.25) is 14.7 Å². The molecule has 2 unspecified atom stereocenters. The Balaban J connectivity index is 1.31. The third kappa shape index (κ3) is 4.49. The molecule has 188 valence electrons. The molecule has 0 saturated carbocycles. The lowest BCUT2D eigenvalue weighted by Crippen LogP contribution is -2.69. The number of hydrogen-bond acceptors (Lipinski definition) is 8. The summed E-state index contributed by atoms with van der Waals surface area (Å²) in [7, 11) is 1.64. The van der Waals surface area contributed by atoms with E-state index in [1.807, 2.05) is 18.3 Å². The van der Waals surface area contributed by atoms with E-state index in [1.54, 1.807) is 19.4 Å². The molecule has 3 aliphatic rings. The number of halogens is 1. The number of fused-ring (bicyclic) bond motifs is 3. The van der Waals surface area contributed by atoms with Gasteiger partial charge in [-0.05, 0) is 36.6 Å². The van der Waals surface area contributed by atoms with Crippen molar-refractivity contribution < 1.29 is 13.9 Å². The van der Waals surface area contributed by atoms with Gasteiger partial charge in [-0.25, -0.2) is 9.50 Å². The summed E-state index contributed by atoms with van der Waals surface area (Å²) in [5.74, 6) is 0.0785. The number of pyridine rings is 2. The first kappa shape index (κ1) is 24.1. The second-order valence-electron chi connectivity index (χ2n) is 9.25. The summed E-state index contributed by atoms with van der Waals surface area (Å²) in [5, 5.41) is 3.78. The number of ether oxygens (including phenoxy) is 1. The number of aliphatic imine (C=N–C) groups is 1. The number of carbonyl (C=O) groups is 1. The first-order valence-electron chi connectivity index (χ1n) is 12.1. The lowest BCUT2D eigenvalue weighted by Gasteiger charge is -2.56. The summed E-state index contributed by atoms with van der Waals surface area (Å²) >= 11 is 0. The average molecular weight is 492 g/mol. The number of allylic oxidation sites excluding steroid dienone is 1. The summed E-state index contributed by atoms with van der Waals surface area (Å²) in [6, 6.07) is 6.56. The number of carbonyl (C=O) groups excluding carboxylic acids is 1. The van der Waals surface area contributed by atoms with Gasteiger partial charge in [0.2, 0.25) is 5.95 Å². The van der Waals surface area contributed by atoms with Crippen LogP contribution in [0.2, 0.25) is 0 Å². The van der Waals surface area contributed by atoms with Crippen molar-refractivity contribution in [2.45, 2.75) is 31.8 Å². The molecule has 36 heavy (non-hydrogen) atoms. The van der Waals surface area contributed by atoms with Crippen LogP contribution in [0.3, 0.4) is 0 Å². The smallest absolute Gasteiger partial charge is 0.244 e. The third-order valence-corrected chi connectivity index (χ3v) is 6.88. The van der Waals surface area contributed by atoms with Crippen LogP contribution in [0.4, 0.5) is 15.9 Å². The van der Waals surface area contributed by atoms with Crippen LogP contribution in [0, 0.1) is 5.95 Å². The maximum absolute atomic E-state index is 14.2. The number of hydrogen-bond donors (Lipinski definition) is 1. The normalized spacial score (nSPS) is 20.3. The molecule has 0 amide bonds. The van der Waals surface area contributed by atoms with Gasteiger partial charge >= 0.3 is 0 Å². The van der Waals surface area contributed by atoms with Gasteiger partial charge in [-0.1, -0.05) is 13.0 Å². The van der Waals surface area contributed by atoms with E-state index < -0.39 is 5.95 Å². The van der Waals surface area contributed by atoms with E-state index in [0.29, 0.717) is 41.9 Å². The molecule has 0 aromatic carbocycles. The Morgan fingerprint density at radius 1 is 1.33 bits per heavy atom. The van der Waals surface area contributed by atoms with Crippen LogP contribution in [0.5, 0.6) is 0 Å². The zero-order valence-corrected chi connectivity index (χ0v) is 20.5. The molecule has 3 aliphatic heterocycles. The van der Waals surface area contributed by atoms with Crippen LogP contribution in [0.15, 0.2) is 47.2 Å². The van der Waals surface area contributed by atoms with Crippen LogP contribution in [-0.2, 0) is 4.74 Å². The van der Waals surface area contributed by atoms with Crippen molar-refractivity contribution in [1.82, 2.24) is 19.5 Å². The van der Waals surface area contributed by atoms with Gasteiger partial charge in [0.15, 0.2) is 6.29 Å². The van der Waals surface area contributed by atoms with Gasteiger partial charge in [0.1, 0.15) is 12.5 Å². The molecule has 3 aromatic rings. The fraction of sp³-hybridized carbons (Fsp3) is 0.385. The Kier molecular flexibility index (Phi) is 6.80. The van der Waals surface area contributed by atoms with Gasteiger partial charge in [0.05, 0.1) is 23.0 Å². The number of methoxy groups -OCH3 is 1. The highest BCUT2D eigenvalue weighted by molar-refractivity contribution is 5.95. The van der Waals surface area contributed by atoms with Crippen LogP contribution in [-0.4, -0.2) is 77.6 Å². The number of nitrogens with two attached hydrogens (primary N) is 1. The highest BCUT2D eigenvalue weighted by Crippen LogP contribution is 2.35. The van der Waals surface area contributed by atoms with Gasteiger partial charge in [-0.2, -0.15) is 4.39 Å². The minimum Gasteiger partial charge on any atom is -0.397 e. The number of nitrogen functional groups attached to an aromatic ring is 1. The molecule has 6 rings (SSSR count). The summed E-state index contributed by atoms with van der Waals surface area (Å²) in [5.41, 5.74) is 9.30. The Labute approximate surface area is 209 Å². The Bertz CT molecular complexity index is 1310. The van der Waals surface area contributed by atoms with Crippen molar-refractivity contribution >= 4 is 29.5 Å². The second kappa shape index (κ2) is 10.2. The largest absolute Gasteiger partial charge is 0.397 e. The van der Waals surface area contributed by atoms with Gasteiger partial charge in [-0.15, -0.1) is 5.10 Å². The molecule has 10 heteroatoms. The van der Waals surface area contributed by atoms with E-state index in [9.17, 15) is 9.18 Å². The molecule has 2 N–H and O–H groups in total. The van der Waals surface area contributed by atoms with Crippen LogP contribution < -0.4 is 10.6 Å². The maximum atomic E-state index is 14.2. The molecular weight excluding hydrogens is 461 g/mol. The first-order valence-corrected chi connectivity index (χ1v) is 12.1. The first-order chi connectivity index (χ1) is 17.5. The monoisotopic (exact) mass is 491 g/mol. The lowest BCUT2D eigenvalue weighted by molar-refractivity contribution is 0.00931. The topological polar surface area (TPSA) is 101 Å². The number of piperidine rings is 1. The Morgan fingerprint density at radius 2 is 2.14 bits per heavy atom. The van der Waals surface area contributed by atoms with Crippen LogP contribution >= 0.6 is 0 Å². The van der Waals surface area contributed by atoms with E-state index in [-0.39, 0.29) is 5.56 Å². The number of nitrogens with zero attached hydrogens (tertiary/aromatic N) is 6. The highest BCUT2D eigenvalue weighted by atomic mass is 19.1. The van der Waals surface area contributed by atoms with Gasteiger partial charge in [0, 0.05) is 62.4 Å². The summed E-state index contributed by atoms with van der Waals surface area (Å²) < 4.78 is 20.5. The summed E-state index contributed by atoms with van der Waals surface area (Å²) in [6.45, 7) is 5.21. The minimum absolute atomic E-state index is 0.0888. The van der Waals surface area contributed by atoms with Crippen LogP contribution in [0.1, 0.15) is 30.1 Å². The number of aromatic nitrogens is 3. The molecule has 2 atom stereocenters. The van der Waals surface area contributed by atoms with Crippen LogP contribution in [0.25, 0.3) is 16.6 Å². The predicted octanol–water partition coefficient (Wildman–Crippen LogP) is 3.20. The second-order valence-corrected chi connectivity index (χ2v) is 9.25. The van der Waals surface area contributed by atoms with Crippen molar-refractivity contribution in [2.24, 2.45) is 4.99 Å². The summed E-state index contributed by atoms with van der Waals surface area (Å²) in [6.07, 6.45) is 10.0. The molecule has 0 radical (unpaired) electrons. The predicted molar refractivity (Wildman–Crippen MR) is 138 cm³/mol. The molecule has 3 aromatic heterocycles. The van der Waals surface area contributed by atoms with E-state index in [0.717, 1.165) is 37.4 Å². The van der Waals surface area contributed by atoms with Crippen molar-refractivity contribution in [3.05, 3.63) is 53.8 Å². The third-order valence-electron chi connectivity index (χ3n) is 6.88. The number of piperazine rings is 1. The minimum atomic E-state index is -0.819. The number of anilines is 2. The van der Waals surface area contributed by atoms with E-state index in [2.05, 4.69) is 32.9 Å². The van der Waals surface area contributed by atoms with Gasteiger partial charge < -0.3 is 15.4 Å². The number of rotatable bonds is 9. The van der Waals surface area contributed by atoms with E-state index >= 15 is 0 Å². The Hall–Kier alpha value is -3.63. The number of aldehydes is 1. The van der Waals surface area contributed by atoms with Gasteiger partial charge in [0.25, 0.3) is 0 Å². The van der Waals surface area contributed by atoms with Crippen molar-refractivity contribution in [3.8, 4) is 11.1 Å². The molecule has 3 saturated heterocycles. The SMILES string of the molecule is CC/C=C(\C=NCOC)CN1C2CC1CN(c1ccc(-c3cc(N)cn4nc(F)c(C=O)c34)cn1)C2. The Morgan fingerprint density at radius 3 is 2.81 bits per heavy atom. The maximum Gasteiger partial charge on any atom is 0.244 e. The highest BCUT2D eigenvalue weighted by Gasteiger charge is 2.44. The zero-order valence-electron chi connectivity index (χ0n) is 20.5. The molecule has 3 fully saturated rings. The molecule has 2 bridgehead atoms. The summed E-state index contributed by atoms with van der Waals surface area (Å²) in [4.78, 5) is 25.4. The fourth-order valence-electron chi connectivity index (χ4n) is 5.24. The fourth-order valence-corrected chi connectivity index (χ4v) is 5.24. The van der Waals surface area contributed by atoms with Crippen molar-refractivity contribution in [2.75, 3.05) is 44.1 Å². The lowest BCUT2D eigenvalue weighted by atomic mass is 9.86.